The van der Waals surface area contributed by atoms with Gasteiger partial charge in [-0.3, -0.25) is 0 Å². The summed E-state index contributed by atoms with van der Waals surface area (Å²) in [6, 6.07) is 22.8. The average molecular weight is 423 g/mol. The average Bonchev–Trinajstić information content (AvgIpc) is 3.13. The van der Waals surface area contributed by atoms with Crippen LogP contribution in [0.25, 0.3) is 0 Å². The van der Waals surface area contributed by atoms with Gasteiger partial charge in [-0.1, -0.05) is 58.4 Å². The van der Waals surface area contributed by atoms with Gasteiger partial charge >= 0.3 is 0 Å². The van der Waals surface area contributed by atoms with E-state index >= 15 is 0 Å². The molecule has 2 aliphatic heterocycles. The van der Waals surface area contributed by atoms with Gasteiger partial charge in [0.2, 0.25) is 6.23 Å². The summed E-state index contributed by atoms with van der Waals surface area (Å²) in [5.74, 6) is 0.648. The number of fused-ring (bicyclic) bond motifs is 3. The van der Waals surface area contributed by atoms with Gasteiger partial charge in [0.25, 0.3) is 0 Å². The number of hydrogen-bond acceptors (Lipinski definition) is 3. The number of halogens is 2. The SMILES string of the molecule is Fc1ccc(C2=NN3[C@@H](c4cccc(Br)c4)Oc4ccccc4[C@@H]3C2)cc1. The Balaban J connectivity index is 1.60. The molecule has 0 unspecified atom stereocenters. The lowest BCUT2D eigenvalue weighted by atomic mass is 9.96. The summed E-state index contributed by atoms with van der Waals surface area (Å²) in [5, 5.41) is 6.91. The van der Waals surface area contributed by atoms with E-state index in [0.29, 0.717) is 0 Å². The third-order valence-corrected chi connectivity index (χ3v) is 5.50. The van der Waals surface area contributed by atoms with Crippen LogP contribution in [0.2, 0.25) is 0 Å². The summed E-state index contributed by atoms with van der Waals surface area (Å²) in [7, 11) is 0. The highest BCUT2D eigenvalue weighted by Crippen LogP contribution is 2.47. The summed E-state index contributed by atoms with van der Waals surface area (Å²) in [4.78, 5) is 0. The van der Waals surface area contributed by atoms with E-state index in [0.717, 1.165) is 39.0 Å². The van der Waals surface area contributed by atoms with Crippen molar-refractivity contribution in [1.82, 2.24) is 5.01 Å². The lowest BCUT2D eigenvalue weighted by Crippen LogP contribution is -2.33. The molecule has 5 rings (SSSR count). The molecule has 0 aromatic heterocycles. The summed E-state index contributed by atoms with van der Waals surface area (Å²) in [6.45, 7) is 0. The molecule has 0 spiro atoms. The van der Waals surface area contributed by atoms with Crippen molar-refractivity contribution in [3.05, 3.63) is 99.8 Å². The first kappa shape index (κ1) is 16.5. The van der Waals surface area contributed by atoms with Crippen molar-refractivity contribution in [3.8, 4) is 5.75 Å². The van der Waals surface area contributed by atoms with Crippen molar-refractivity contribution >= 4 is 21.6 Å². The second kappa shape index (κ2) is 6.50. The predicted molar refractivity (Wildman–Crippen MR) is 106 cm³/mol. The quantitative estimate of drug-likeness (QED) is 0.518. The molecule has 134 valence electrons. The molecule has 3 aromatic carbocycles. The van der Waals surface area contributed by atoms with Crippen LogP contribution in [0.4, 0.5) is 4.39 Å². The zero-order valence-corrected chi connectivity index (χ0v) is 15.9. The Kier molecular flexibility index (Phi) is 3.97. The zero-order chi connectivity index (χ0) is 18.4. The Hall–Kier alpha value is -2.66. The van der Waals surface area contributed by atoms with E-state index < -0.39 is 0 Å². The Bertz CT molecular complexity index is 1030. The third-order valence-electron chi connectivity index (χ3n) is 5.01. The molecular weight excluding hydrogens is 407 g/mol. The van der Waals surface area contributed by atoms with E-state index in [1.54, 1.807) is 12.1 Å². The molecular formula is C22H16BrFN2O. The molecule has 0 amide bonds. The van der Waals surface area contributed by atoms with Crippen LogP contribution >= 0.6 is 15.9 Å². The van der Waals surface area contributed by atoms with Gasteiger partial charge in [0.15, 0.2) is 0 Å². The van der Waals surface area contributed by atoms with Gasteiger partial charge in [-0.05, 0) is 35.9 Å². The van der Waals surface area contributed by atoms with Gasteiger partial charge < -0.3 is 4.74 Å². The van der Waals surface area contributed by atoms with Crippen molar-refractivity contribution in [2.45, 2.75) is 18.7 Å². The molecule has 0 aliphatic carbocycles. The number of benzene rings is 3. The van der Waals surface area contributed by atoms with Crippen LogP contribution in [-0.4, -0.2) is 10.7 Å². The first-order valence-electron chi connectivity index (χ1n) is 8.82. The summed E-state index contributed by atoms with van der Waals surface area (Å²) in [5.41, 5.74) is 4.05. The van der Waals surface area contributed by atoms with E-state index in [2.05, 4.69) is 28.1 Å². The van der Waals surface area contributed by atoms with Gasteiger partial charge in [0.05, 0.1) is 11.8 Å². The second-order valence-corrected chi connectivity index (χ2v) is 7.63. The fraction of sp³-hybridized carbons (Fsp3) is 0.136. The lowest BCUT2D eigenvalue weighted by Gasteiger charge is -2.38. The molecule has 27 heavy (non-hydrogen) atoms. The standard InChI is InChI=1S/C22H16BrFN2O/c23-16-5-3-4-15(12-16)22-26-20(18-6-1-2-7-21(18)27-22)13-19(25-26)14-8-10-17(24)11-9-14/h1-12,20,22H,13H2/t20-,22+/m0/s1. The molecule has 0 saturated heterocycles. The van der Waals surface area contributed by atoms with Gasteiger partial charge in [-0.2, -0.15) is 5.10 Å². The maximum absolute atomic E-state index is 13.3. The van der Waals surface area contributed by atoms with Gasteiger partial charge in [-0.25, -0.2) is 9.40 Å². The Morgan fingerprint density at radius 1 is 1.00 bits per heavy atom. The number of hydrazone groups is 1. The minimum atomic E-state index is -0.305. The fourth-order valence-electron chi connectivity index (χ4n) is 3.73. The van der Waals surface area contributed by atoms with Crippen LogP contribution in [0.15, 0.2) is 82.4 Å². The molecule has 5 heteroatoms. The molecule has 0 N–H and O–H groups in total. The lowest BCUT2D eigenvalue weighted by molar-refractivity contribution is -0.0190. The number of hydrogen-bond donors (Lipinski definition) is 0. The van der Waals surface area contributed by atoms with E-state index in [-0.39, 0.29) is 18.1 Å². The summed E-state index contributed by atoms with van der Waals surface area (Å²) in [6.07, 6.45) is 0.455. The van der Waals surface area contributed by atoms with Crippen LogP contribution in [0.3, 0.4) is 0 Å². The number of nitrogens with zero attached hydrogens (tertiary/aromatic N) is 2. The number of rotatable bonds is 2. The van der Waals surface area contributed by atoms with Crippen LogP contribution in [0.5, 0.6) is 5.75 Å². The highest BCUT2D eigenvalue weighted by Gasteiger charge is 2.40. The normalized spacial score (nSPS) is 20.5. The van der Waals surface area contributed by atoms with Crippen molar-refractivity contribution in [1.29, 1.82) is 0 Å². The first-order chi connectivity index (χ1) is 13.2. The predicted octanol–water partition coefficient (Wildman–Crippen LogP) is 5.83. The van der Waals surface area contributed by atoms with Crippen molar-refractivity contribution in [2.75, 3.05) is 0 Å². The van der Waals surface area contributed by atoms with Gasteiger partial charge in [0.1, 0.15) is 11.6 Å². The largest absolute Gasteiger partial charge is 0.464 e. The van der Waals surface area contributed by atoms with Gasteiger partial charge in [-0.15, -0.1) is 0 Å². The minimum absolute atomic E-state index is 0.0963. The number of para-hydroxylation sites is 1. The highest BCUT2D eigenvalue weighted by atomic mass is 79.9. The zero-order valence-electron chi connectivity index (χ0n) is 14.3. The van der Waals surface area contributed by atoms with Crippen LogP contribution < -0.4 is 4.74 Å². The maximum Gasteiger partial charge on any atom is 0.213 e. The Morgan fingerprint density at radius 3 is 2.63 bits per heavy atom. The smallest absolute Gasteiger partial charge is 0.213 e. The fourth-order valence-corrected chi connectivity index (χ4v) is 4.15. The Morgan fingerprint density at radius 2 is 1.81 bits per heavy atom. The third kappa shape index (κ3) is 2.92. The second-order valence-electron chi connectivity index (χ2n) is 6.72. The first-order valence-corrected chi connectivity index (χ1v) is 9.61. The van der Waals surface area contributed by atoms with Gasteiger partial charge in [0, 0.05) is 22.0 Å². The van der Waals surface area contributed by atoms with Crippen LogP contribution in [0.1, 0.15) is 35.4 Å². The molecule has 0 bridgehead atoms. The maximum atomic E-state index is 13.3. The van der Waals surface area contributed by atoms with E-state index in [9.17, 15) is 4.39 Å². The van der Waals surface area contributed by atoms with Crippen molar-refractivity contribution in [3.63, 3.8) is 0 Å². The van der Waals surface area contributed by atoms with Crippen molar-refractivity contribution in [2.24, 2.45) is 5.10 Å². The molecule has 2 atom stereocenters. The van der Waals surface area contributed by atoms with Crippen LogP contribution in [-0.2, 0) is 0 Å². The molecule has 0 radical (unpaired) electrons. The molecule has 2 heterocycles. The molecule has 0 fully saturated rings. The summed E-state index contributed by atoms with van der Waals surface area (Å²) < 4.78 is 20.6. The highest BCUT2D eigenvalue weighted by molar-refractivity contribution is 9.10. The van der Waals surface area contributed by atoms with Crippen molar-refractivity contribution < 1.29 is 9.13 Å². The summed E-state index contributed by atoms with van der Waals surface area (Å²) >= 11 is 3.54. The molecule has 3 aromatic rings. The van der Waals surface area contributed by atoms with Crippen LogP contribution in [0, 0.1) is 5.82 Å². The molecule has 3 nitrogen and oxygen atoms in total. The topological polar surface area (TPSA) is 24.8 Å². The van der Waals surface area contributed by atoms with E-state index in [4.69, 9.17) is 9.84 Å². The monoisotopic (exact) mass is 422 g/mol. The Labute approximate surface area is 165 Å². The van der Waals surface area contributed by atoms with E-state index in [1.807, 2.05) is 41.4 Å². The van der Waals surface area contributed by atoms with E-state index in [1.165, 1.54) is 12.1 Å². The minimum Gasteiger partial charge on any atom is -0.464 e. The number of ether oxygens (including phenoxy) is 1. The molecule has 2 aliphatic rings. The molecule has 0 saturated carbocycles.